The molecule has 2 nitrogen and oxygen atoms in total. The second-order valence-electron chi connectivity index (χ2n) is 5.38. The Morgan fingerprint density at radius 3 is 2.94 bits per heavy atom. The van der Waals surface area contributed by atoms with Gasteiger partial charge in [0.05, 0.1) is 6.61 Å². The number of benzene rings is 1. The van der Waals surface area contributed by atoms with Crippen molar-refractivity contribution in [1.82, 2.24) is 0 Å². The summed E-state index contributed by atoms with van der Waals surface area (Å²) in [4.78, 5) is 0. The molecule has 1 heterocycles. The third kappa shape index (κ3) is 1.06. The zero-order chi connectivity index (χ0) is 11.3. The van der Waals surface area contributed by atoms with Gasteiger partial charge in [0, 0.05) is 17.9 Å². The van der Waals surface area contributed by atoms with Gasteiger partial charge in [0.1, 0.15) is 5.75 Å². The Morgan fingerprint density at radius 1 is 1.44 bits per heavy atom. The van der Waals surface area contributed by atoms with Crippen LogP contribution in [0.5, 0.6) is 5.75 Å². The van der Waals surface area contributed by atoms with Gasteiger partial charge in [0.2, 0.25) is 0 Å². The van der Waals surface area contributed by atoms with E-state index >= 15 is 0 Å². The van der Waals surface area contributed by atoms with Gasteiger partial charge in [-0.2, -0.15) is 0 Å². The van der Waals surface area contributed by atoms with Gasteiger partial charge in [0.15, 0.2) is 0 Å². The van der Waals surface area contributed by atoms with E-state index in [-0.39, 0.29) is 11.5 Å². The van der Waals surface area contributed by atoms with Gasteiger partial charge in [-0.25, -0.2) is 0 Å². The maximum absolute atomic E-state index is 6.30. The van der Waals surface area contributed by atoms with Crippen LogP contribution in [0.15, 0.2) is 24.3 Å². The Balaban J connectivity index is 2.05. The summed E-state index contributed by atoms with van der Waals surface area (Å²) < 4.78 is 5.79. The van der Waals surface area contributed by atoms with E-state index < -0.39 is 0 Å². The zero-order valence-corrected chi connectivity index (χ0v) is 9.94. The molecule has 4 atom stereocenters. The molecule has 1 aromatic rings. The Morgan fingerprint density at radius 2 is 2.19 bits per heavy atom. The first kappa shape index (κ1) is 10.2. The second-order valence-corrected chi connectivity index (χ2v) is 5.38. The highest BCUT2D eigenvalue weighted by atomic mass is 16.5. The highest BCUT2D eigenvalue weighted by Crippen LogP contribution is 2.61. The Labute approximate surface area is 96.8 Å². The molecule has 3 rings (SSSR count). The van der Waals surface area contributed by atoms with E-state index in [0.717, 1.165) is 18.8 Å². The van der Waals surface area contributed by atoms with E-state index in [9.17, 15) is 0 Å². The Hall–Kier alpha value is -1.02. The van der Waals surface area contributed by atoms with Gasteiger partial charge in [-0.15, -0.1) is 0 Å². The lowest BCUT2D eigenvalue weighted by Crippen LogP contribution is -2.64. The molecule has 1 fully saturated rings. The number of para-hydroxylation sites is 1. The van der Waals surface area contributed by atoms with Gasteiger partial charge in [-0.3, -0.25) is 0 Å². The summed E-state index contributed by atoms with van der Waals surface area (Å²) in [6, 6.07) is 8.71. The maximum Gasteiger partial charge on any atom is 0.122 e. The Kier molecular flexibility index (Phi) is 2.05. The summed E-state index contributed by atoms with van der Waals surface area (Å²) >= 11 is 0. The fourth-order valence-electron chi connectivity index (χ4n) is 3.57. The van der Waals surface area contributed by atoms with E-state index in [4.69, 9.17) is 10.5 Å². The third-order valence-corrected chi connectivity index (χ3v) is 4.81. The van der Waals surface area contributed by atoms with E-state index in [1.165, 1.54) is 5.56 Å². The highest BCUT2D eigenvalue weighted by Gasteiger charge is 2.58. The number of hydrogen-bond acceptors (Lipinski definition) is 2. The molecule has 2 aliphatic rings. The normalized spacial score (nSPS) is 40.3. The topological polar surface area (TPSA) is 35.2 Å². The number of ether oxygens (including phenoxy) is 1. The van der Waals surface area contributed by atoms with Crippen LogP contribution in [0.2, 0.25) is 0 Å². The largest absolute Gasteiger partial charge is 0.493 e. The van der Waals surface area contributed by atoms with Crippen molar-refractivity contribution in [3.8, 4) is 5.75 Å². The predicted octanol–water partition coefficient (Wildman–Crippen LogP) is 2.54. The van der Waals surface area contributed by atoms with Crippen LogP contribution in [-0.2, 0) is 0 Å². The highest BCUT2D eigenvalue weighted by molar-refractivity contribution is 5.43. The minimum atomic E-state index is 0.255. The van der Waals surface area contributed by atoms with E-state index in [2.05, 4.69) is 32.0 Å². The third-order valence-electron chi connectivity index (χ3n) is 4.81. The van der Waals surface area contributed by atoms with E-state index in [1.54, 1.807) is 0 Å². The van der Waals surface area contributed by atoms with Crippen molar-refractivity contribution in [3.63, 3.8) is 0 Å². The van der Waals surface area contributed by atoms with Gasteiger partial charge in [0.25, 0.3) is 0 Å². The van der Waals surface area contributed by atoms with Gasteiger partial charge >= 0.3 is 0 Å². The lowest BCUT2D eigenvalue weighted by atomic mass is 9.48. The summed E-state index contributed by atoms with van der Waals surface area (Å²) in [6.07, 6.45) is 1.14. The summed E-state index contributed by atoms with van der Waals surface area (Å²) in [5.74, 6) is 2.17. The second kappa shape index (κ2) is 3.24. The van der Waals surface area contributed by atoms with Crippen LogP contribution in [0.4, 0.5) is 0 Å². The van der Waals surface area contributed by atoms with Crippen molar-refractivity contribution in [2.24, 2.45) is 17.1 Å². The molecule has 0 bridgehead atoms. The molecule has 4 unspecified atom stereocenters. The van der Waals surface area contributed by atoms with Gasteiger partial charge in [-0.1, -0.05) is 32.0 Å². The lowest BCUT2D eigenvalue weighted by Gasteiger charge is -2.60. The van der Waals surface area contributed by atoms with Crippen molar-refractivity contribution in [3.05, 3.63) is 29.8 Å². The fraction of sp³-hybridized carbons (Fsp3) is 0.571. The smallest absolute Gasteiger partial charge is 0.122 e. The number of fused-ring (bicyclic) bond motifs is 3. The van der Waals surface area contributed by atoms with Gasteiger partial charge < -0.3 is 10.5 Å². The molecule has 1 aliphatic carbocycles. The quantitative estimate of drug-likeness (QED) is 0.784. The minimum absolute atomic E-state index is 0.255. The standard InChI is InChI=1S/C14H19NO/c1-3-14(2)12-9-6-4-5-7-11(9)16-8-10(12)13(14)15/h4-7,10,12-13H,3,8,15H2,1-2H3. The maximum atomic E-state index is 6.30. The SMILES string of the molecule is CCC1(C)C(N)C2COc3ccccc3C21. The molecule has 16 heavy (non-hydrogen) atoms. The van der Waals surface area contributed by atoms with Crippen molar-refractivity contribution in [2.75, 3.05) is 6.61 Å². The molecule has 0 saturated heterocycles. The van der Waals surface area contributed by atoms with Crippen LogP contribution < -0.4 is 10.5 Å². The number of rotatable bonds is 1. The van der Waals surface area contributed by atoms with Crippen molar-refractivity contribution < 1.29 is 4.74 Å². The molecule has 1 aromatic carbocycles. The molecule has 0 radical (unpaired) electrons. The van der Waals surface area contributed by atoms with Crippen LogP contribution in [0.25, 0.3) is 0 Å². The molecule has 0 aromatic heterocycles. The van der Waals surface area contributed by atoms with Crippen LogP contribution in [0.3, 0.4) is 0 Å². The molecule has 2 heteroatoms. The zero-order valence-electron chi connectivity index (χ0n) is 9.94. The molecule has 1 aliphatic heterocycles. The molecule has 2 N–H and O–H groups in total. The van der Waals surface area contributed by atoms with E-state index in [0.29, 0.717) is 11.8 Å². The predicted molar refractivity (Wildman–Crippen MR) is 64.5 cm³/mol. The van der Waals surface area contributed by atoms with Crippen LogP contribution in [-0.4, -0.2) is 12.6 Å². The van der Waals surface area contributed by atoms with Crippen LogP contribution in [0, 0.1) is 11.3 Å². The first-order chi connectivity index (χ1) is 7.68. The molecule has 1 saturated carbocycles. The van der Waals surface area contributed by atoms with E-state index in [1.807, 2.05) is 6.07 Å². The monoisotopic (exact) mass is 217 g/mol. The number of nitrogens with two attached hydrogens (primary N) is 1. The summed E-state index contributed by atoms with van der Waals surface area (Å²) in [5.41, 5.74) is 7.92. The van der Waals surface area contributed by atoms with Crippen molar-refractivity contribution in [2.45, 2.75) is 32.2 Å². The average Bonchev–Trinajstić information content (AvgIpc) is 2.35. The molecular weight excluding hydrogens is 198 g/mol. The van der Waals surface area contributed by atoms with Crippen LogP contribution >= 0.6 is 0 Å². The summed E-state index contributed by atoms with van der Waals surface area (Å²) in [7, 11) is 0. The molecular formula is C14H19NO. The van der Waals surface area contributed by atoms with Crippen LogP contribution in [0.1, 0.15) is 31.7 Å². The molecule has 86 valence electrons. The van der Waals surface area contributed by atoms with Crippen molar-refractivity contribution >= 4 is 0 Å². The first-order valence-electron chi connectivity index (χ1n) is 6.16. The summed E-state index contributed by atoms with van der Waals surface area (Å²) in [5, 5.41) is 0. The molecule has 0 spiro atoms. The lowest BCUT2D eigenvalue weighted by molar-refractivity contribution is -0.0463. The minimum Gasteiger partial charge on any atom is -0.493 e. The Bertz CT molecular complexity index is 417. The van der Waals surface area contributed by atoms with Gasteiger partial charge in [-0.05, 0) is 23.5 Å². The summed E-state index contributed by atoms with van der Waals surface area (Å²) in [6.45, 7) is 5.35. The average molecular weight is 217 g/mol. The fourth-order valence-corrected chi connectivity index (χ4v) is 3.57. The first-order valence-corrected chi connectivity index (χ1v) is 6.16. The number of hydrogen-bond donors (Lipinski definition) is 1. The molecule has 0 amide bonds. The van der Waals surface area contributed by atoms with Crippen molar-refractivity contribution in [1.29, 1.82) is 0 Å².